The Balaban J connectivity index is 1.21. The maximum atomic E-state index is 13.6. The van der Waals surface area contributed by atoms with Crippen molar-refractivity contribution < 1.29 is 19.4 Å². The van der Waals surface area contributed by atoms with Gasteiger partial charge in [0, 0.05) is 50.4 Å². The van der Waals surface area contributed by atoms with Crippen LogP contribution in [0.2, 0.25) is 0 Å². The highest BCUT2D eigenvalue weighted by Crippen LogP contribution is 2.35. The molecule has 3 aliphatic heterocycles. The van der Waals surface area contributed by atoms with Crippen LogP contribution in [-0.4, -0.2) is 83.0 Å². The molecule has 2 N–H and O–H groups in total. The highest BCUT2D eigenvalue weighted by atomic mass is 16.5. The van der Waals surface area contributed by atoms with E-state index in [4.69, 9.17) is 4.74 Å². The molecule has 0 unspecified atom stereocenters. The second-order valence-electron chi connectivity index (χ2n) is 11.4. The fourth-order valence-electron chi connectivity index (χ4n) is 5.95. The Kier molecular flexibility index (Phi) is 7.63. The van der Waals surface area contributed by atoms with Gasteiger partial charge in [0.25, 0.3) is 5.91 Å². The lowest BCUT2D eigenvalue weighted by molar-refractivity contribution is -0.134. The molecule has 204 valence electrons. The molecule has 8 heteroatoms. The van der Waals surface area contributed by atoms with Gasteiger partial charge in [-0.25, -0.2) is 0 Å². The monoisotopic (exact) mass is 520 g/mol. The Morgan fingerprint density at radius 2 is 1.84 bits per heavy atom. The molecule has 2 fully saturated rings. The second-order valence-corrected chi connectivity index (χ2v) is 11.4. The number of nitrogens with zero attached hydrogens (tertiary/aromatic N) is 3. The van der Waals surface area contributed by atoms with Gasteiger partial charge < -0.3 is 25.0 Å². The summed E-state index contributed by atoms with van der Waals surface area (Å²) in [6.45, 7) is 9.33. The first kappa shape index (κ1) is 26.5. The number of ether oxygens (including phenoxy) is 1. The number of piperazine rings is 1. The molecule has 38 heavy (non-hydrogen) atoms. The van der Waals surface area contributed by atoms with E-state index in [9.17, 15) is 14.7 Å². The lowest BCUT2D eigenvalue weighted by Gasteiger charge is -2.36. The molecule has 3 heterocycles. The summed E-state index contributed by atoms with van der Waals surface area (Å²) >= 11 is 0. The van der Waals surface area contributed by atoms with Gasteiger partial charge in [-0.1, -0.05) is 18.2 Å². The van der Waals surface area contributed by atoms with Crippen LogP contribution in [0.3, 0.4) is 0 Å². The van der Waals surface area contributed by atoms with Crippen LogP contribution in [-0.2, 0) is 24.3 Å². The van der Waals surface area contributed by atoms with Crippen LogP contribution in [0.4, 0.5) is 0 Å². The van der Waals surface area contributed by atoms with E-state index >= 15 is 0 Å². The number of aromatic hydroxyl groups is 1. The summed E-state index contributed by atoms with van der Waals surface area (Å²) in [6, 6.07) is 11.6. The summed E-state index contributed by atoms with van der Waals surface area (Å²) in [5.74, 6) is 0.904. The van der Waals surface area contributed by atoms with Gasteiger partial charge in [-0.05, 0) is 81.0 Å². The number of amides is 2. The number of carbonyl (C=O) groups excluding carboxylic acids is 2. The number of hydrogen-bond donors (Lipinski definition) is 2. The van der Waals surface area contributed by atoms with Crippen molar-refractivity contribution in [3.8, 4) is 11.5 Å². The highest BCUT2D eigenvalue weighted by molar-refractivity contribution is 5.96. The Bertz CT molecular complexity index is 1180. The van der Waals surface area contributed by atoms with Crippen molar-refractivity contribution in [3.05, 3.63) is 58.7 Å². The zero-order valence-corrected chi connectivity index (χ0v) is 22.8. The Labute approximate surface area is 225 Å². The summed E-state index contributed by atoms with van der Waals surface area (Å²) in [6.07, 6.45) is 3.75. The molecular weight excluding hydrogens is 480 g/mol. The van der Waals surface area contributed by atoms with Crippen LogP contribution in [0.5, 0.6) is 11.5 Å². The fraction of sp³-hybridized carbons (Fsp3) is 0.533. The summed E-state index contributed by atoms with van der Waals surface area (Å²) < 4.78 is 5.27. The van der Waals surface area contributed by atoms with Crippen LogP contribution in [0.25, 0.3) is 0 Å². The van der Waals surface area contributed by atoms with Crippen LogP contribution in [0.15, 0.2) is 36.4 Å². The van der Waals surface area contributed by atoms with Crippen molar-refractivity contribution in [2.75, 3.05) is 39.8 Å². The van der Waals surface area contributed by atoms with Crippen molar-refractivity contribution in [2.45, 2.75) is 64.2 Å². The van der Waals surface area contributed by atoms with Crippen LogP contribution < -0.4 is 10.1 Å². The zero-order chi connectivity index (χ0) is 26.9. The third kappa shape index (κ3) is 5.38. The quantitative estimate of drug-likeness (QED) is 0.584. The normalized spacial score (nSPS) is 20.0. The predicted molar refractivity (Wildman–Crippen MR) is 146 cm³/mol. The lowest BCUT2D eigenvalue weighted by Crippen LogP contribution is -2.54. The number of fused-ring (bicyclic) bond motifs is 1. The van der Waals surface area contributed by atoms with Crippen molar-refractivity contribution in [3.63, 3.8) is 0 Å². The molecule has 0 aromatic heterocycles. The molecule has 2 aromatic rings. The van der Waals surface area contributed by atoms with Gasteiger partial charge in [-0.15, -0.1) is 0 Å². The minimum atomic E-state index is -0.0787. The van der Waals surface area contributed by atoms with Gasteiger partial charge in [0.1, 0.15) is 0 Å². The van der Waals surface area contributed by atoms with Crippen molar-refractivity contribution in [1.82, 2.24) is 20.0 Å². The maximum Gasteiger partial charge on any atom is 0.254 e. The summed E-state index contributed by atoms with van der Waals surface area (Å²) in [5.41, 5.74) is 4.19. The molecule has 2 saturated heterocycles. The third-order valence-corrected chi connectivity index (χ3v) is 8.58. The smallest absolute Gasteiger partial charge is 0.254 e. The summed E-state index contributed by atoms with van der Waals surface area (Å²) in [5, 5.41) is 13.2. The fourth-order valence-corrected chi connectivity index (χ4v) is 5.95. The molecule has 2 aromatic carbocycles. The maximum absolute atomic E-state index is 13.6. The van der Waals surface area contributed by atoms with Gasteiger partial charge in [0.05, 0.1) is 13.2 Å². The average molecular weight is 521 g/mol. The van der Waals surface area contributed by atoms with E-state index in [2.05, 4.69) is 30.1 Å². The molecule has 0 radical (unpaired) electrons. The number of carbonyl (C=O) groups is 2. The van der Waals surface area contributed by atoms with Crippen molar-refractivity contribution >= 4 is 11.8 Å². The Morgan fingerprint density at radius 1 is 1.08 bits per heavy atom. The minimum Gasteiger partial charge on any atom is -0.504 e. The van der Waals surface area contributed by atoms with Gasteiger partial charge in [-0.3, -0.25) is 14.5 Å². The summed E-state index contributed by atoms with van der Waals surface area (Å²) in [4.78, 5) is 32.6. The first-order chi connectivity index (χ1) is 18.3. The highest BCUT2D eigenvalue weighted by Gasteiger charge is 2.35. The molecule has 2 amide bonds. The molecule has 3 aliphatic rings. The minimum absolute atomic E-state index is 0.0555. The summed E-state index contributed by atoms with van der Waals surface area (Å²) in [7, 11) is 1.57. The lowest BCUT2D eigenvalue weighted by atomic mass is 9.93. The van der Waals surface area contributed by atoms with E-state index < -0.39 is 0 Å². The van der Waals surface area contributed by atoms with E-state index in [0.717, 1.165) is 62.0 Å². The largest absolute Gasteiger partial charge is 0.504 e. The molecule has 1 atom stereocenters. The molecule has 0 spiro atoms. The Hall–Kier alpha value is -3.10. The van der Waals surface area contributed by atoms with E-state index in [1.54, 1.807) is 13.2 Å². The van der Waals surface area contributed by atoms with Crippen LogP contribution in [0, 0.1) is 0 Å². The first-order valence-corrected chi connectivity index (χ1v) is 13.8. The molecule has 0 aliphatic carbocycles. The number of aryl methyl sites for hydroxylation is 1. The predicted octanol–water partition coefficient (Wildman–Crippen LogP) is 3.16. The number of phenolic OH excluding ortho intramolecular Hbond substituents is 1. The average Bonchev–Trinajstić information content (AvgIpc) is 3.63. The molecular formula is C30H40N4O4. The van der Waals surface area contributed by atoms with E-state index in [1.165, 1.54) is 5.56 Å². The van der Waals surface area contributed by atoms with Gasteiger partial charge in [0.2, 0.25) is 5.91 Å². The van der Waals surface area contributed by atoms with Crippen molar-refractivity contribution in [1.29, 1.82) is 0 Å². The van der Waals surface area contributed by atoms with E-state index in [0.29, 0.717) is 31.9 Å². The molecule has 0 bridgehead atoms. The van der Waals surface area contributed by atoms with Crippen LogP contribution >= 0.6 is 0 Å². The van der Waals surface area contributed by atoms with Crippen LogP contribution in [0.1, 0.15) is 60.2 Å². The number of rotatable bonds is 7. The standard InChI is InChI=1S/C30H40N4O4/c1-30(2,12-11-21-9-10-26(35)27(18-21)38-3)34-19-22-6-4-7-23(24(22)20-34)28(36)32-14-16-33(17-15-32)29(37)25-8-5-13-31-25/h4,6-7,9-10,18,25,31,35H,5,8,11-17,19-20H2,1-3H3/t25-/m0/s1. The number of nitrogens with one attached hydrogen (secondary N) is 1. The number of hydrogen-bond acceptors (Lipinski definition) is 6. The number of benzene rings is 2. The van der Waals surface area contributed by atoms with E-state index in [1.807, 2.05) is 34.1 Å². The third-order valence-electron chi connectivity index (χ3n) is 8.58. The second kappa shape index (κ2) is 10.9. The number of phenols is 1. The van der Waals surface area contributed by atoms with Gasteiger partial charge in [-0.2, -0.15) is 0 Å². The van der Waals surface area contributed by atoms with E-state index in [-0.39, 0.29) is 29.1 Å². The van der Waals surface area contributed by atoms with Crippen molar-refractivity contribution in [2.24, 2.45) is 0 Å². The topological polar surface area (TPSA) is 85.4 Å². The first-order valence-electron chi connectivity index (χ1n) is 13.8. The molecule has 0 saturated carbocycles. The zero-order valence-electron chi connectivity index (χ0n) is 22.8. The number of methoxy groups -OCH3 is 1. The molecule has 8 nitrogen and oxygen atoms in total. The Morgan fingerprint density at radius 3 is 2.55 bits per heavy atom. The molecule has 5 rings (SSSR count). The van der Waals surface area contributed by atoms with Gasteiger partial charge >= 0.3 is 0 Å². The van der Waals surface area contributed by atoms with Gasteiger partial charge in [0.15, 0.2) is 11.5 Å². The SMILES string of the molecule is COc1cc(CCC(C)(C)N2Cc3cccc(C(=O)N4CCN(C(=O)[C@@H]5CCCN5)CC4)c3C2)ccc1O.